The molecule has 0 bridgehead atoms. The normalized spacial score (nSPS) is 17.0. The molecule has 0 rings (SSSR count). The fourth-order valence-electron chi connectivity index (χ4n) is 15.5. The summed E-state index contributed by atoms with van der Waals surface area (Å²) in [5.74, 6) is -1.07. The third kappa shape index (κ3) is 37.6. The lowest BCUT2D eigenvalue weighted by atomic mass is 9.60. The Bertz CT molecular complexity index is 2350. The molecule has 0 N–H and O–H groups in total. The summed E-state index contributed by atoms with van der Waals surface area (Å²) in [6.07, 6.45) is -26.8. The van der Waals surface area contributed by atoms with E-state index >= 15 is 0 Å². The molecular weight excluding hydrogens is 1570 g/mol. The zero-order valence-electron chi connectivity index (χ0n) is 78.3. The van der Waals surface area contributed by atoms with E-state index in [-0.39, 0.29) is 113 Å². The van der Waals surface area contributed by atoms with Gasteiger partial charge in [-0.1, -0.05) is 314 Å². The molecule has 7 atom stereocenters. The summed E-state index contributed by atoms with van der Waals surface area (Å²) in [6, 6.07) is 0. The van der Waals surface area contributed by atoms with Gasteiger partial charge in [-0.25, -0.2) is 0 Å². The average Bonchev–Trinajstić information content (AvgIpc) is 0.763. The monoisotopic (exact) mass is 1740 g/mol. The molecule has 0 saturated carbocycles. The van der Waals surface area contributed by atoms with Gasteiger partial charge in [-0.3, -0.25) is 0 Å². The van der Waals surface area contributed by atoms with E-state index in [4.69, 9.17) is 0 Å². The zero-order chi connectivity index (χ0) is 95.1. The van der Waals surface area contributed by atoms with Crippen molar-refractivity contribution >= 4 is 0 Å². The summed E-state index contributed by atoms with van der Waals surface area (Å²) in [5.41, 5.74) is -14.9. The largest absolute Gasteiger partial charge is 0.394 e. The Hall–Kier alpha value is -1.89. The van der Waals surface area contributed by atoms with Gasteiger partial charge in [-0.15, -0.1) is 0 Å². The van der Waals surface area contributed by atoms with Crippen molar-refractivity contribution in [1.29, 1.82) is 0 Å². The van der Waals surface area contributed by atoms with Crippen LogP contribution in [0, 0.1) is 95.1 Å². The van der Waals surface area contributed by atoms with Gasteiger partial charge in [0.15, 0.2) is 0 Å². The van der Waals surface area contributed by atoms with Crippen LogP contribution in [0.25, 0.3) is 0 Å². The van der Waals surface area contributed by atoms with Crippen molar-refractivity contribution in [2.24, 2.45) is 95.1 Å². The number of halogens is 27. The lowest BCUT2D eigenvalue weighted by molar-refractivity contribution is -0.261. The van der Waals surface area contributed by atoms with Gasteiger partial charge in [-0.05, 0) is 149 Å². The van der Waals surface area contributed by atoms with Gasteiger partial charge < -0.3 is 0 Å². The topological polar surface area (TPSA) is 0 Å². The molecule has 0 fully saturated rings. The second kappa shape index (κ2) is 53.3. The van der Waals surface area contributed by atoms with Gasteiger partial charge in [0.2, 0.25) is 0 Å². The Morgan fingerprint density at radius 3 is 0.504 bits per heavy atom. The quantitative estimate of drug-likeness (QED) is 0.0575. The second-order valence-electron chi connectivity index (χ2n) is 35.5. The molecule has 0 nitrogen and oxygen atoms in total. The fourth-order valence-corrected chi connectivity index (χ4v) is 15.5. The average molecular weight is 1740 g/mol. The maximum Gasteiger partial charge on any atom is 0.394 e. The van der Waals surface area contributed by atoms with Gasteiger partial charge in [0, 0.05) is 0 Å². The Balaban J connectivity index is -0.000000157. The molecule has 0 aromatic carbocycles. The highest BCUT2D eigenvalue weighted by Gasteiger charge is 2.62. The molecule has 0 heterocycles. The third-order valence-corrected chi connectivity index (χ3v) is 28.1. The highest BCUT2D eigenvalue weighted by atomic mass is 19.4. The van der Waals surface area contributed by atoms with Crippen molar-refractivity contribution in [2.75, 3.05) is 0 Å². The van der Waals surface area contributed by atoms with E-state index in [1.165, 1.54) is 62.3 Å². The van der Waals surface area contributed by atoms with E-state index < -0.39 is 115 Å². The number of hydrogen-bond acceptors (Lipinski definition) is 0. The molecule has 0 aromatic heterocycles. The minimum atomic E-state index is -4.11. The van der Waals surface area contributed by atoms with Crippen LogP contribution in [0.3, 0.4) is 0 Å². The van der Waals surface area contributed by atoms with Gasteiger partial charge in [0.05, 0.1) is 48.7 Å². The summed E-state index contributed by atoms with van der Waals surface area (Å²) in [7, 11) is 0. The number of rotatable bonds is 33. The predicted molar refractivity (Wildman–Crippen MR) is 428 cm³/mol. The highest BCUT2D eigenvalue weighted by Crippen LogP contribution is 2.60. The molecule has 0 amide bonds. The second-order valence-corrected chi connectivity index (χ2v) is 35.5. The Kier molecular flexibility index (Phi) is 60.8. The first kappa shape index (κ1) is 131. The molecule has 7 unspecified atom stereocenters. The summed E-state index contributed by atoms with van der Waals surface area (Å²) >= 11 is 0. The first-order valence-corrected chi connectivity index (χ1v) is 42.6. The molecule has 0 aliphatic heterocycles. The summed E-state index contributed by atoms with van der Waals surface area (Å²) in [4.78, 5) is 0. The molecule has 0 radical (unpaired) electrons. The van der Waals surface area contributed by atoms with Crippen molar-refractivity contribution in [1.82, 2.24) is 0 Å². The van der Waals surface area contributed by atoms with Crippen LogP contribution in [0.4, 0.5) is 119 Å². The lowest BCUT2D eigenvalue weighted by Gasteiger charge is -2.47. The molecule has 708 valence electrons. The smallest absolute Gasteiger partial charge is 0.171 e. The molecule has 115 heavy (non-hydrogen) atoms. The van der Waals surface area contributed by atoms with Crippen molar-refractivity contribution in [3.05, 3.63) is 0 Å². The van der Waals surface area contributed by atoms with Crippen molar-refractivity contribution in [3.63, 3.8) is 0 Å². The summed E-state index contributed by atoms with van der Waals surface area (Å²) in [6.45, 7) is 61.0. The van der Waals surface area contributed by atoms with E-state index in [2.05, 4.69) is 0 Å². The molecule has 0 aromatic rings. The van der Waals surface area contributed by atoms with E-state index in [0.717, 1.165) is 0 Å². The first-order chi connectivity index (χ1) is 51.0. The van der Waals surface area contributed by atoms with E-state index in [1.807, 2.05) is 96.9 Å². The van der Waals surface area contributed by atoms with E-state index in [0.29, 0.717) is 83.5 Å². The molecule has 27 heteroatoms. The van der Waals surface area contributed by atoms with Crippen LogP contribution in [0.15, 0.2) is 0 Å². The van der Waals surface area contributed by atoms with Crippen molar-refractivity contribution < 1.29 is 119 Å². The van der Waals surface area contributed by atoms with Gasteiger partial charge in [0.1, 0.15) is 0 Å². The van der Waals surface area contributed by atoms with Crippen LogP contribution in [0.5, 0.6) is 0 Å². The van der Waals surface area contributed by atoms with Crippen LogP contribution in [-0.2, 0) is 0 Å². The van der Waals surface area contributed by atoms with E-state index in [9.17, 15) is 119 Å². The maximum absolute atomic E-state index is 13.2. The van der Waals surface area contributed by atoms with Gasteiger partial charge >= 0.3 is 55.6 Å². The fraction of sp³-hybridized carbons (Fsp3) is 1.00. The highest BCUT2D eigenvalue weighted by molar-refractivity contribution is 4.98. The van der Waals surface area contributed by atoms with Gasteiger partial charge in [-0.2, -0.15) is 119 Å². The van der Waals surface area contributed by atoms with Crippen LogP contribution in [0.1, 0.15) is 417 Å². The standard InChI is InChI=1S/2C12H23F3.2C11H21F3.C10H19F3.C9H17F3.2C8H15F3.C7H13F3/c1-7-11(6,12(13,14)15)10(8(2)3)9(4)5;1-6-9-11(5,12(13,14)15)10(4,7-2)8-3;1-6-9(4,7-2)10(5,8-3)11(12,13)14;1-5-8-10(4,11(12,13)14)9(6-2)7-3;1-5-8(6-2)9(4,7-3)10(11,12)13;1-4-6-8(3,7-5-2)9(10,11)12;1-5-7(4,6(2)3)8(9,10)11;1-4-6-7(3,5-2)8(9,10)11;1-4-6(3,5-2)7(8,9)10/h8-10H,7H2,1-6H3;6-9H2,1-5H3;6-8H2,1-5H3;9H,5-8H2,1-4H3;8H,5-7H2,1-4H3;4-7H2,1-3H3;6H,5H2,1-4H3;4-6H2,1-3H3;4-5H2,1-3H3. The lowest BCUT2D eigenvalue weighted by Crippen LogP contribution is -2.48. The zero-order valence-corrected chi connectivity index (χ0v) is 78.3. The molecule has 0 aliphatic carbocycles. The van der Waals surface area contributed by atoms with Crippen molar-refractivity contribution in [2.45, 2.75) is 472 Å². The molecule has 0 aliphatic rings. The molecule has 0 spiro atoms. The number of alkyl halides is 27. The maximum atomic E-state index is 13.2. The SMILES string of the molecule is CCC(C)(C(C(C)C)C(C)C)C(F)(F)F.CCC(C)(C(C)C)C(F)(F)F.CCC(C)(CC)C(C)(CC)C(F)(F)F.CCC(C)(CC)C(F)(F)F.CCC(CC)C(C)(CC)C(F)(F)F.CCCC(C)(C(CC)CC)C(F)(F)F.CCCC(C)(C(F)(F)F)C(C)(CC)CC.CCCC(C)(CC)C(F)(F)F.CCCC(C)(CCC)C(F)(F)F. The van der Waals surface area contributed by atoms with E-state index in [1.54, 1.807) is 96.9 Å². The Labute approximate surface area is 683 Å². The molecular formula is C88H167F27. The van der Waals surface area contributed by atoms with Crippen LogP contribution < -0.4 is 0 Å². The van der Waals surface area contributed by atoms with Crippen LogP contribution >= 0.6 is 0 Å². The summed E-state index contributed by atoms with van der Waals surface area (Å²) < 4.78 is 342. The minimum Gasteiger partial charge on any atom is -0.171 e. The summed E-state index contributed by atoms with van der Waals surface area (Å²) in [5, 5.41) is 0. The third-order valence-electron chi connectivity index (χ3n) is 28.1. The number of hydrogen-bond donors (Lipinski definition) is 0. The Morgan fingerprint density at radius 1 is 0.183 bits per heavy atom. The van der Waals surface area contributed by atoms with Crippen LogP contribution in [-0.4, -0.2) is 55.6 Å². The van der Waals surface area contributed by atoms with Crippen molar-refractivity contribution in [3.8, 4) is 0 Å². The van der Waals surface area contributed by atoms with Gasteiger partial charge in [0.25, 0.3) is 0 Å². The van der Waals surface area contributed by atoms with Crippen LogP contribution in [0.2, 0.25) is 0 Å². The Morgan fingerprint density at radius 2 is 0.400 bits per heavy atom. The molecule has 0 saturated heterocycles. The first-order valence-electron chi connectivity index (χ1n) is 42.6. The predicted octanol–water partition coefficient (Wildman–Crippen LogP) is 39.0. The minimum absolute atomic E-state index is 0.0524.